The second-order valence-corrected chi connectivity index (χ2v) is 2.41. The molecule has 1 aromatic rings. The van der Waals surface area contributed by atoms with Gasteiger partial charge in [0.05, 0.1) is 0 Å². The maximum absolute atomic E-state index is 10.4. The van der Waals surface area contributed by atoms with Crippen LogP contribution in [-0.4, -0.2) is 15.7 Å². The Labute approximate surface area is 78.7 Å². The molecule has 0 aliphatic heterocycles. The van der Waals surface area contributed by atoms with E-state index in [1.165, 1.54) is 0 Å². The summed E-state index contributed by atoms with van der Waals surface area (Å²) in [5.41, 5.74) is 6.02. The number of hydrogen-bond acceptors (Lipinski definition) is 2. The minimum Gasteiger partial charge on any atom is -0.370 e. The lowest BCUT2D eigenvalue weighted by Crippen LogP contribution is -2.12. The lowest BCUT2D eigenvalue weighted by atomic mass is 10.2. The lowest BCUT2D eigenvalue weighted by molar-refractivity contribution is -0.118. The highest BCUT2D eigenvalue weighted by atomic mass is 16.1. The van der Waals surface area contributed by atoms with Crippen molar-refractivity contribution in [2.45, 2.75) is 26.7 Å². The smallest absolute Gasteiger partial charge is 0.217 e. The van der Waals surface area contributed by atoms with Crippen LogP contribution in [0, 0.1) is 0 Å². The van der Waals surface area contributed by atoms with Gasteiger partial charge in [0.15, 0.2) is 0 Å². The first-order valence-electron chi connectivity index (χ1n) is 4.45. The predicted octanol–water partition coefficient (Wildman–Crippen LogP) is 0.864. The monoisotopic (exact) mass is 183 g/mol. The first kappa shape index (κ1) is 11.7. The van der Waals surface area contributed by atoms with E-state index in [0.717, 1.165) is 5.69 Å². The van der Waals surface area contributed by atoms with Crippen LogP contribution in [0.15, 0.2) is 12.3 Å². The molecule has 0 saturated heterocycles. The van der Waals surface area contributed by atoms with Crippen LogP contribution in [0.1, 0.15) is 26.0 Å². The van der Waals surface area contributed by atoms with Crippen molar-refractivity contribution in [3.8, 4) is 0 Å². The number of amides is 1. The van der Waals surface area contributed by atoms with E-state index in [9.17, 15) is 4.79 Å². The zero-order valence-electron chi connectivity index (χ0n) is 8.45. The largest absolute Gasteiger partial charge is 0.370 e. The van der Waals surface area contributed by atoms with E-state index in [0.29, 0.717) is 12.8 Å². The van der Waals surface area contributed by atoms with Crippen molar-refractivity contribution in [3.05, 3.63) is 18.0 Å². The molecule has 0 bridgehead atoms. The molecule has 0 unspecified atom stereocenters. The average molecular weight is 183 g/mol. The van der Waals surface area contributed by atoms with Gasteiger partial charge in [-0.15, -0.1) is 0 Å². The van der Waals surface area contributed by atoms with Gasteiger partial charge in [0.2, 0.25) is 5.91 Å². The predicted molar refractivity (Wildman–Crippen MR) is 52.1 cm³/mol. The van der Waals surface area contributed by atoms with E-state index >= 15 is 0 Å². The Bertz CT molecular complexity index is 255. The van der Waals surface area contributed by atoms with Gasteiger partial charge < -0.3 is 5.73 Å². The molecule has 13 heavy (non-hydrogen) atoms. The Morgan fingerprint density at radius 1 is 1.62 bits per heavy atom. The molecule has 1 rings (SSSR count). The molecule has 2 N–H and O–H groups in total. The zero-order valence-corrected chi connectivity index (χ0v) is 8.45. The molecule has 74 valence electrons. The van der Waals surface area contributed by atoms with Gasteiger partial charge in [-0.25, -0.2) is 0 Å². The molecule has 0 spiro atoms. The highest BCUT2D eigenvalue weighted by molar-refractivity contribution is 5.73. The molecule has 0 aliphatic rings. The van der Waals surface area contributed by atoms with Gasteiger partial charge in [-0.05, 0) is 12.5 Å². The normalized spacial score (nSPS) is 8.85. The first-order chi connectivity index (χ1) is 6.20. The molecule has 4 heteroatoms. The third-order valence-electron chi connectivity index (χ3n) is 1.55. The third kappa shape index (κ3) is 4.30. The number of hydrogen-bond donors (Lipinski definition) is 1. The summed E-state index contributed by atoms with van der Waals surface area (Å²) < 4.78 is 1.74. The van der Waals surface area contributed by atoms with Crippen LogP contribution in [0.3, 0.4) is 0 Å². The first-order valence-corrected chi connectivity index (χ1v) is 4.45. The van der Waals surface area contributed by atoms with Crippen LogP contribution in [-0.2, 0) is 18.3 Å². The van der Waals surface area contributed by atoms with Crippen LogP contribution in [0.5, 0.6) is 0 Å². The fourth-order valence-corrected chi connectivity index (χ4v) is 0.898. The molecule has 1 amide bonds. The maximum atomic E-state index is 10.4. The van der Waals surface area contributed by atoms with Crippen LogP contribution in [0.25, 0.3) is 0 Å². The fraction of sp³-hybridized carbons (Fsp3) is 0.556. The van der Waals surface area contributed by atoms with E-state index in [-0.39, 0.29) is 5.91 Å². The lowest BCUT2D eigenvalue weighted by Gasteiger charge is -1.97. The Hall–Kier alpha value is -1.32. The molecule has 0 saturated carbocycles. The van der Waals surface area contributed by atoms with Crippen LogP contribution in [0.4, 0.5) is 0 Å². The summed E-state index contributed by atoms with van der Waals surface area (Å²) in [6, 6.07) is 1.88. The molecule has 0 atom stereocenters. The minimum atomic E-state index is -0.272. The minimum absolute atomic E-state index is 0.272. The van der Waals surface area contributed by atoms with Gasteiger partial charge in [-0.2, -0.15) is 5.10 Å². The molecule has 0 aliphatic carbocycles. The molecule has 1 heterocycles. The van der Waals surface area contributed by atoms with E-state index in [1.807, 2.05) is 27.0 Å². The van der Waals surface area contributed by atoms with Gasteiger partial charge >= 0.3 is 0 Å². The maximum Gasteiger partial charge on any atom is 0.217 e. The van der Waals surface area contributed by atoms with E-state index in [1.54, 1.807) is 10.9 Å². The summed E-state index contributed by atoms with van der Waals surface area (Å²) in [7, 11) is 1.84. The number of carbonyl (C=O) groups excluding carboxylic acids is 1. The summed E-state index contributed by atoms with van der Waals surface area (Å²) in [5.74, 6) is -0.272. The average Bonchev–Trinajstić information content (AvgIpc) is 2.51. The highest BCUT2D eigenvalue weighted by Gasteiger charge is 1.99. The summed E-state index contributed by atoms with van der Waals surface area (Å²) >= 11 is 0. The number of rotatable bonds is 3. The van der Waals surface area contributed by atoms with Crippen LogP contribution < -0.4 is 5.73 Å². The summed E-state index contributed by atoms with van der Waals surface area (Å²) in [5, 5.41) is 3.96. The topological polar surface area (TPSA) is 60.9 Å². The van der Waals surface area contributed by atoms with E-state index in [2.05, 4.69) is 5.10 Å². The summed E-state index contributed by atoms with van der Waals surface area (Å²) in [6.07, 6.45) is 2.77. The van der Waals surface area contributed by atoms with Gasteiger partial charge in [-0.1, -0.05) is 13.8 Å². The van der Waals surface area contributed by atoms with Gasteiger partial charge in [0, 0.05) is 25.4 Å². The van der Waals surface area contributed by atoms with Crippen molar-refractivity contribution in [1.82, 2.24) is 9.78 Å². The Morgan fingerprint density at radius 3 is 2.62 bits per heavy atom. The third-order valence-corrected chi connectivity index (χ3v) is 1.55. The van der Waals surface area contributed by atoms with Crippen molar-refractivity contribution in [3.63, 3.8) is 0 Å². The van der Waals surface area contributed by atoms with Gasteiger partial charge in [-0.3, -0.25) is 9.48 Å². The standard InChI is InChI=1S/C7H11N3O.C2H6/c1-10-6(4-5-9-10)2-3-7(8)11;1-2/h4-5H,2-3H2,1H3,(H2,8,11);1-2H3. The number of nitrogens with zero attached hydrogens (tertiary/aromatic N) is 2. The number of primary amides is 1. The molecular weight excluding hydrogens is 166 g/mol. The highest BCUT2D eigenvalue weighted by Crippen LogP contribution is 1.99. The molecule has 0 fully saturated rings. The van der Waals surface area contributed by atoms with Crippen LogP contribution in [0.2, 0.25) is 0 Å². The Morgan fingerprint density at radius 2 is 2.23 bits per heavy atom. The van der Waals surface area contributed by atoms with Crippen molar-refractivity contribution < 1.29 is 4.79 Å². The molecule has 4 nitrogen and oxygen atoms in total. The Balaban J connectivity index is 0.000000671. The van der Waals surface area contributed by atoms with Gasteiger partial charge in [0.25, 0.3) is 0 Å². The van der Waals surface area contributed by atoms with E-state index < -0.39 is 0 Å². The quantitative estimate of drug-likeness (QED) is 0.755. The number of nitrogens with two attached hydrogens (primary N) is 1. The molecule has 0 aromatic carbocycles. The zero-order chi connectivity index (χ0) is 10.3. The van der Waals surface area contributed by atoms with Crippen molar-refractivity contribution in [2.75, 3.05) is 0 Å². The molecular formula is C9H17N3O. The van der Waals surface area contributed by atoms with Gasteiger partial charge in [0.1, 0.15) is 0 Å². The number of aromatic nitrogens is 2. The SMILES string of the molecule is CC.Cn1nccc1CCC(N)=O. The summed E-state index contributed by atoms with van der Waals surface area (Å²) in [6.45, 7) is 4.00. The van der Waals surface area contributed by atoms with Crippen LogP contribution >= 0.6 is 0 Å². The second kappa shape index (κ2) is 6.22. The number of aryl methyl sites for hydroxylation is 2. The van der Waals surface area contributed by atoms with E-state index in [4.69, 9.17) is 5.73 Å². The van der Waals surface area contributed by atoms with Crippen molar-refractivity contribution in [1.29, 1.82) is 0 Å². The molecule has 1 aromatic heterocycles. The fourth-order valence-electron chi connectivity index (χ4n) is 0.898. The number of carbonyl (C=O) groups is 1. The Kier molecular flexibility index (Phi) is 5.59. The van der Waals surface area contributed by atoms with Crippen molar-refractivity contribution in [2.24, 2.45) is 12.8 Å². The molecule has 0 radical (unpaired) electrons. The second-order valence-electron chi connectivity index (χ2n) is 2.41. The summed E-state index contributed by atoms with van der Waals surface area (Å²) in [4.78, 5) is 10.4. The van der Waals surface area contributed by atoms with Crippen molar-refractivity contribution >= 4 is 5.91 Å².